The molecule has 0 aliphatic carbocycles. The fourth-order valence-corrected chi connectivity index (χ4v) is 1.81. The number of ether oxygens (including phenoxy) is 1. The molecule has 0 fully saturated rings. The lowest BCUT2D eigenvalue weighted by atomic mass is 10.1. The fraction of sp³-hybridized carbons (Fsp3) is 0.200. The zero-order valence-electron chi connectivity index (χ0n) is 10.8. The van der Waals surface area contributed by atoms with Crippen molar-refractivity contribution < 1.29 is 13.5 Å². The second kappa shape index (κ2) is 5.80. The van der Waals surface area contributed by atoms with E-state index >= 15 is 0 Å². The maximum atomic E-state index is 13.5. The molecule has 100 valence electrons. The van der Waals surface area contributed by atoms with Gasteiger partial charge in [0.15, 0.2) is 11.6 Å². The van der Waals surface area contributed by atoms with Gasteiger partial charge in [0.2, 0.25) is 0 Å². The van der Waals surface area contributed by atoms with Crippen LogP contribution >= 0.6 is 0 Å². The van der Waals surface area contributed by atoms with Crippen molar-refractivity contribution in [2.45, 2.75) is 13.5 Å². The average molecular weight is 263 g/mol. The van der Waals surface area contributed by atoms with Crippen LogP contribution in [0.25, 0.3) is 0 Å². The van der Waals surface area contributed by atoms with Gasteiger partial charge in [-0.15, -0.1) is 0 Å². The molecule has 2 nitrogen and oxygen atoms in total. The largest absolute Gasteiger partial charge is 0.454 e. The highest BCUT2D eigenvalue weighted by Gasteiger charge is 2.07. The molecule has 0 unspecified atom stereocenters. The van der Waals surface area contributed by atoms with Crippen molar-refractivity contribution in [2.24, 2.45) is 0 Å². The van der Waals surface area contributed by atoms with Gasteiger partial charge in [0.05, 0.1) is 0 Å². The molecule has 0 heterocycles. The van der Waals surface area contributed by atoms with Crippen LogP contribution in [-0.2, 0) is 6.54 Å². The number of hydrogen-bond donors (Lipinski definition) is 1. The summed E-state index contributed by atoms with van der Waals surface area (Å²) in [7, 11) is 1.87. The van der Waals surface area contributed by atoms with Crippen molar-refractivity contribution >= 4 is 0 Å². The summed E-state index contributed by atoms with van der Waals surface area (Å²) < 4.78 is 31.7. The predicted octanol–water partition coefficient (Wildman–Crippen LogP) is 3.78. The van der Waals surface area contributed by atoms with Gasteiger partial charge in [-0.05, 0) is 49.4 Å². The van der Waals surface area contributed by atoms with E-state index in [1.807, 2.05) is 26.1 Å². The number of hydrogen-bond acceptors (Lipinski definition) is 2. The molecule has 0 radical (unpaired) electrons. The first-order chi connectivity index (χ1) is 9.10. The summed E-state index contributed by atoms with van der Waals surface area (Å²) in [4.78, 5) is 0. The number of halogens is 2. The SMILES string of the molecule is CNCc1ccc(Oc2ccc(F)cc2F)cc1C. The van der Waals surface area contributed by atoms with Crippen LogP contribution in [-0.4, -0.2) is 7.05 Å². The van der Waals surface area contributed by atoms with Crippen LogP contribution in [0.3, 0.4) is 0 Å². The molecule has 0 amide bonds. The Hall–Kier alpha value is -1.94. The van der Waals surface area contributed by atoms with Gasteiger partial charge in [0.1, 0.15) is 11.6 Å². The van der Waals surface area contributed by atoms with Crippen LogP contribution in [0.1, 0.15) is 11.1 Å². The topological polar surface area (TPSA) is 21.3 Å². The van der Waals surface area contributed by atoms with Gasteiger partial charge in [-0.3, -0.25) is 0 Å². The second-order valence-electron chi connectivity index (χ2n) is 4.30. The van der Waals surface area contributed by atoms with E-state index in [4.69, 9.17) is 4.74 Å². The summed E-state index contributed by atoms with van der Waals surface area (Å²) in [5.41, 5.74) is 2.20. The Labute approximate surface area is 111 Å². The number of nitrogens with one attached hydrogen (secondary N) is 1. The van der Waals surface area contributed by atoms with Gasteiger partial charge < -0.3 is 10.1 Å². The Morgan fingerprint density at radius 3 is 2.53 bits per heavy atom. The Bertz CT molecular complexity index is 584. The minimum absolute atomic E-state index is 0.0159. The molecule has 19 heavy (non-hydrogen) atoms. The van der Waals surface area contributed by atoms with Gasteiger partial charge in [-0.25, -0.2) is 8.78 Å². The van der Waals surface area contributed by atoms with E-state index in [9.17, 15) is 8.78 Å². The molecular weight excluding hydrogens is 248 g/mol. The number of rotatable bonds is 4. The standard InChI is InChI=1S/C15H15F2NO/c1-10-7-13(5-3-11(10)9-18-2)19-15-6-4-12(16)8-14(15)17/h3-8,18H,9H2,1-2H3. The Morgan fingerprint density at radius 2 is 1.89 bits per heavy atom. The molecule has 2 rings (SSSR count). The minimum atomic E-state index is -0.711. The molecule has 4 heteroatoms. The maximum absolute atomic E-state index is 13.5. The first-order valence-corrected chi connectivity index (χ1v) is 5.97. The zero-order valence-corrected chi connectivity index (χ0v) is 10.8. The van der Waals surface area contributed by atoms with E-state index in [0.717, 1.165) is 23.7 Å². The molecule has 0 atom stereocenters. The molecule has 0 saturated carbocycles. The van der Waals surface area contributed by atoms with Crippen LogP contribution in [0, 0.1) is 18.6 Å². The maximum Gasteiger partial charge on any atom is 0.168 e. The first kappa shape index (κ1) is 13.5. The summed E-state index contributed by atoms with van der Waals surface area (Å²) in [6, 6.07) is 8.76. The summed E-state index contributed by atoms with van der Waals surface area (Å²) in [6.07, 6.45) is 0. The second-order valence-corrected chi connectivity index (χ2v) is 4.30. The number of benzene rings is 2. The van der Waals surface area contributed by atoms with Crippen LogP contribution in [0.4, 0.5) is 8.78 Å². The monoisotopic (exact) mass is 263 g/mol. The molecule has 1 N–H and O–H groups in total. The third-order valence-electron chi connectivity index (χ3n) is 2.80. The first-order valence-electron chi connectivity index (χ1n) is 5.97. The predicted molar refractivity (Wildman–Crippen MR) is 70.4 cm³/mol. The van der Waals surface area contributed by atoms with E-state index in [2.05, 4.69) is 5.32 Å². The van der Waals surface area contributed by atoms with Crippen LogP contribution in [0.5, 0.6) is 11.5 Å². The lowest BCUT2D eigenvalue weighted by molar-refractivity contribution is 0.437. The summed E-state index contributed by atoms with van der Waals surface area (Å²) in [5, 5.41) is 3.07. The lowest BCUT2D eigenvalue weighted by Gasteiger charge is -2.10. The van der Waals surface area contributed by atoms with Crippen molar-refractivity contribution in [2.75, 3.05) is 7.05 Å². The van der Waals surface area contributed by atoms with Crippen molar-refractivity contribution in [3.63, 3.8) is 0 Å². The van der Waals surface area contributed by atoms with Crippen molar-refractivity contribution in [1.29, 1.82) is 0 Å². The van der Waals surface area contributed by atoms with E-state index in [1.54, 1.807) is 6.07 Å². The van der Waals surface area contributed by atoms with E-state index in [1.165, 1.54) is 12.1 Å². The third kappa shape index (κ3) is 3.29. The summed E-state index contributed by atoms with van der Waals surface area (Å²) >= 11 is 0. The summed E-state index contributed by atoms with van der Waals surface area (Å²) in [6.45, 7) is 2.72. The smallest absolute Gasteiger partial charge is 0.168 e. The normalized spacial score (nSPS) is 10.5. The molecule has 0 spiro atoms. The molecule has 0 aliphatic heterocycles. The van der Waals surface area contributed by atoms with E-state index in [-0.39, 0.29) is 5.75 Å². The highest BCUT2D eigenvalue weighted by molar-refractivity contribution is 5.38. The Morgan fingerprint density at radius 1 is 1.11 bits per heavy atom. The van der Waals surface area contributed by atoms with Crippen molar-refractivity contribution in [3.8, 4) is 11.5 Å². The van der Waals surface area contributed by atoms with Gasteiger partial charge in [0, 0.05) is 12.6 Å². The minimum Gasteiger partial charge on any atom is -0.454 e. The van der Waals surface area contributed by atoms with E-state index in [0.29, 0.717) is 5.75 Å². The molecule has 0 saturated heterocycles. The molecular formula is C15H15F2NO. The molecule has 0 aromatic heterocycles. The number of aryl methyl sites for hydroxylation is 1. The Kier molecular flexibility index (Phi) is 4.12. The van der Waals surface area contributed by atoms with Gasteiger partial charge in [-0.2, -0.15) is 0 Å². The highest BCUT2D eigenvalue weighted by Crippen LogP contribution is 2.26. The molecule has 2 aromatic carbocycles. The summed E-state index contributed by atoms with van der Waals surface area (Å²) in [5.74, 6) is -0.785. The highest BCUT2D eigenvalue weighted by atomic mass is 19.1. The van der Waals surface area contributed by atoms with Crippen molar-refractivity contribution in [3.05, 3.63) is 59.2 Å². The molecule has 0 bridgehead atoms. The van der Waals surface area contributed by atoms with Gasteiger partial charge in [0.25, 0.3) is 0 Å². The van der Waals surface area contributed by atoms with Crippen LogP contribution in [0.2, 0.25) is 0 Å². The van der Waals surface area contributed by atoms with E-state index < -0.39 is 11.6 Å². The zero-order chi connectivity index (χ0) is 13.8. The lowest BCUT2D eigenvalue weighted by Crippen LogP contribution is -2.06. The third-order valence-corrected chi connectivity index (χ3v) is 2.80. The van der Waals surface area contributed by atoms with Crippen LogP contribution in [0.15, 0.2) is 36.4 Å². The Balaban J connectivity index is 2.21. The van der Waals surface area contributed by atoms with Crippen molar-refractivity contribution in [1.82, 2.24) is 5.32 Å². The van der Waals surface area contributed by atoms with Gasteiger partial charge >= 0.3 is 0 Å². The molecule has 2 aromatic rings. The molecule has 0 aliphatic rings. The quantitative estimate of drug-likeness (QED) is 0.906. The average Bonchev–Trinajstić information content (AvgIpc) is 2.36. The van der Waals surface area contributed by atoms with Gasteiger partial charge in [-0.1, -0.05) is 6.07 Å². The van der Waals surface area contributed by atoms with Crippen LogP contribution < -0.4 is 10.1 Å². The fourth-order valence-electron chi connectivity index (χ4n) is 1.81.